The van der Waals surface area contributed by atoms with Crippen molar-refractivity contribution in [2.45, 2.75) is 369 Å². The van der Waals surface area contributed by atoms with Gasteiger partial charge >= 0.3 is 39.5 Å². The molecule has 0 aromatic rings. The van der Waals surface area contributed by atoms with Crippen LogP contribution in [0.25, 0.3) is 0 Å². The number of esters is 4. The number of ether oxygens (including phenoxy) is 4. The molecule has 0 heterocycles. The Balaban J connectivity index is 5.20. The number of aliphatic hydroxyl groups is 1. The van der Waals surface area contributed by atoms with E-state index in [1.807, 2.05) is 0 Å². The number of hydrogen-bond acceptors (Lipinski definition) is 15. The largest absolute Gasteiger partial charge is 0.472 e. The molecular formula is C71H138O17P2. The molecule has 0 bridgehead atoms. The van der Waals surface area contributed by atoms with Crippen LogP contribution in [0.1, 0.15) is 351 Å². The van der Waals surface area contributed by atoms with Gasteiger partial charge in [0.1, 0.15) is 19.3 Å². The van der Waals surface area contributed by atoms with Gasteiger partial charge in [0, 0.05) is 25.7 Å². The number of aliphatic hydroxyl groups excluding tert-OH is 1. The standard InChI is InChI=1S/C71H138O17P2/c1-61(2)47-39-31-23-18-15-13-11-9-10-12-14-16-20-27-37-45-53-70(75)87-66(57-81-68(73)51-43-35-26-21-17-19-24-32-40-48-62(3)4)59-85-89(77,78)83-55-65(72)56-84-90(79,80)86-60-67(58-82-69(74)52-44-36-30-29-34-42-50-64(7)8)88-71(76)54-46-38-28-22-25-33-41-49-63(5)6/h61-67,72H,9-60H2,1-8H3,(H,77,78)(H,79,80)/t65-,66-,67-/m1/s1. The molecule has 0 aliphatic heterocycles. The monoisotopic (exact) mass is 1320 g/mol. The van der Waals surface area contributed by atoms with Crippen LogP contribution in [-0.2, 0) is 65.4 Å². The van der Waals surface area contributed by atoms with Gasteiger partial charge in [0.15, 0.2) is 12.2 Å². The highest BCUT2D eigenvalue weighted by atomic mass is 31.2. The van der Waals surface area contributed by atoms with Crippen LogP contribution in [0.15, 0.2) is 0 Å². The van der Waals surface area contributed by atoms with Crippen molar-refractivity contribution in [1.82, 2.24) is 0 Å². The molecule has 0 fully saturated rings. The average Bonchev–Trinajstić information content (AvgIpc) is 3.62. The minimum atomic E-state index is -4.95. The molecule has 90 heavy (non-hydrogen) atoms. The van der Waals surface area contributed by atoms with Crippen LogP contribution in [0.3, 0.4) is 0 Å². The fourth-order valence-corrected chi connectivity index (χ4v) is 12.2. The molecule has 3 N–H and O–H groups in total. The molecule has 0 aromatic carbocycles. The molecule has 2 unspecified atom stereocenters. The van der Waals surface area contributed by atoms with E-state index in [4.69, 9.17) is 37.0 Å². The molecular weight excluding hydrogens is 1190 g/mol. The summed E-state index contributed by atoms with van der Waals surface area (Å²) in [5.41, 5.74) is 0. The summed E-state index contributed by atoms with van der Waals surface area (Å²) in [4.78, 5) is 72.5. The Morgan fingerprint density at radius 3 is 0.689 bits per heavy atom. The van der Waals surface area contributed by atoms with E-state index in [2.05, 4.69) is 55.4 Å². The molecule has 0 saturated carbocycles. The quantitative estimate of drug-likeness (QED) is 0.0222. The van der Waals surface area contributed by atoms with Crippen molar-refractivity contribution in [3.05, 3.63) is 0 Å². The van der Waals surface area contributed by atoms with Crippen LogP contribution in [0, 0.1) is 23.7 Å². The van der Waals surface area contributed by atoms with Crippen molar-refractivity contribution in [2.24, 2.45) is 23.7 Å². The Kier molecular flexibility index (Phi) is 59.4. The van der Waals surface area contributed by atoms with Crippen LogP contribution in [0.4, 0.5) is 0 Å². The van der Waals surface area contributed by atoms with Gasteiger partial charge in [0.05, 0.1) is 26.4 Å². The third-order valence-corrected chi connectivity index (χ3v) is 18.2. The normalized spacial score (nSPS) is 14.3. The summed E-state index contributed by atoms with van der Waals surface area (Å²) in [6.45, 7) is 14.0. The number of hydrogen-bond donors (Lipinski definition) is 3. The predicted octanol–water partition coefficient (Wildman–Crippen LogP) is 20.1. The van der Waals surface area contributed by atoms with E-state index < -0.39 is 97.5 Å². The molecule has 534 valence electrons. The first-order valence-electron chi connectivity index (χ1n) is 36.7. The van der Waals surface area contributed by atoms with Crippen LogP contribution >= 0.6 is 15.6 Å². The summed E-state index contributed by atoms with van der Waals surface area (Å²) in [5.74, 6) is 0.796. The van der Waals surface area contributed by atoms with Gasteiger partial charge in [0.2, 0.25) is 0 Å². The maximum absolute atomic E-state index is 13.0. The Hall–Kier alpha value is -1.94. The van der Waals surface area contributed by atoms with Crippen LogP contribution in [0.2, 0.25) is 0 Å². The van der Waals surface area contributed by atoms with Crippen molar-refractivity contribution in [3.8, 4) is 0 Å². The molecule has 0 amide bonds. The van der Waals surface area contributed by atoms with Crippen LogP contribution in [-0.4, -0.2) is 96.7 Å². The number of phosphoric ester groups is 2. The predicted molar refractivity (Wildman–Crippen MR) is 363 cm³/mol. The molecule has 0 saturated heterocycles. The summed E-state index contributed by atoms with van der Waals surface area (Å²) >= 11 is 0. The van der Waals surface area contributed by atoms with E-state index in [-0.39, 0.29) is 25.7 Å². The first kappa shape index (κ1) is 88.1. The van der Waals surface area contributed by atoms with E-state index in [9.17, 15) is 43.2 Å². The number of unbranched alkanes of at least 4 members (excludes halogenated alkanes) is 34. The SMILES string of the molecule is CC(C)CCCCCCCCCCCCCCCCCCC(=O)O[C@H](COC(=O)CCCCCCCCCCCC(C)C)COP(=O)(O)OC[C@@H](O)COP(=O)(O)OC[C@@H](COC(=O)CCCCCCCCC(C)C)OC(=O)CCCCCCCCCC(C)C. The van der Waals surface area contributed by atoms with Crippen molar-refractivity contribution in [2.75, 3.05) is 39.6 Å². The molecule has 5 atom stereocenters. The third kappa shape index (κ3) is 64.8. The Morgan fingerprint density at radius 1 is 0.278 bits per heavy atom. The van der Waals surface area contributed by atoms with Crippen molar-refractivity contribution >= 4 is 39.5 Å². The Bertz CT molecular complexity index is 1780. The van der Waals surface area contributed by atoms with Gasteiger partial charge < -0.3 is 33.8 Å². The van der Waals surface area contributed by atoms with Gasteiger partial charge in [-0.2, -0.15) is 0 Å². The van der Waals surface area contributed by atoms with Crippen molar-refractivity contribution < 1.29 is 80.2 Å². The van der Waals surface area contributed by atoms with Gasteiger partial charge in [0.25, 0.3) is 0 Å². The number of carbonyl (C=O) groups is 4. The minimum Gasteiger partial charge on any atom is -0.462 e. The smallest absolute Gasteiger partial charge is 0.462 e. The van der Waals surface area contributed by atoms with E-state index in [1.54, 1.807) is 0 Å². The van der Waals surface area contributed by atoms with Gasteiger partial charge in [-0.25, -0.2) is 9.13 Å². The number of rotatable bonds is 68. The van der Waals surface area contributed by atoms with Crippen molar-refractivity contribution in [3.63, 3.8) is 0 Å². The van der Waals surface area contributed by atoms with E-state index in [1.165, 1.54) is 148 Å². The topological polar surface area (TPSA) is 237 Å². The minimum absolute atomic E-state index is 0.102. The van der Waals surface area contributed by atoms with E-state index in [0.717, 1.165) is 108 Å². The van der Waals surface area contributed by atoms with Crippen molar-refractivity contribution in [1.29, 1.82) is 0 Å². The molecule has 0 aliphatic rings. The maximum Gasteiger partial charge on any atom is 0.472 e. The summed E-state index contributed by atoms with van der Waals surface area (Å²) in [6.07, 6.45) is 43.4. The Morgan fingerprint density at radius 2 is 0.467 bits per heavy atom. The second-order valence-electron chi connectivity index (χ2n) is 27.5. The van der Waals surface area contributed by atoms with E-state index >= 15 is 0 Å². The zero-order valence-corrected chi connectivity index (χ0v) is 60.6. The lowest BCUT2D eigenvalue weighted by Crippen LogP contribution is -2.30. The van der Waals surface area contributed by atoms with Crippen LogP contribution in [0.5, 0.6) is 0 Å². The average molecular weight is 1330 g/mol. The van der Waals surface area contributed by atoms with Gasteiger partial charge in [-0.15, -0.1) is 0 Å². The molecule has 0 aliphatic carbocycles. The summed E-state index contributed by atoms with van der Waals surface area (Å²) < 4.78 is 68.2. The third-order valence-electron chi connectivity index (χ3n) is 16.3. The zero-order valence-electron chi connectivity index (χ0n) is 58.8. The lowest BCUT2D eigenvalue weighted by molar-refractivity contribution is -0.161. The highest BCUT2D eigenvalue weighted by Crippen LogP contribution is 2.45. The summed E-state index contributed by atoms with van der Waals surface area (Å²) in [5, 5.41) is 10.6. The first-order valence-corrected chi connectivity index (χ1v) is 39.7. The lowest BCUT2D eigenvalue weighted by Gasteiger charge is -2.21. The fourth-order valence-electron chi connectivity index (χ4n) is 10.7. The fraction of sp³-hybridized carbons (Fsp3) is 0.944. The maximum atomic E-state index is 13.0. The molecule has 0 aromatic heterocycles. The number of phosphoric acid groups is 2. The van der Waals surface area contributed by atoms with Gasteiger partial charge in [-0.1, -0.05) is 299 Å². The highest BCUT2D eigenvalue weighted by Gasteiger charge is 2.30. The second-order valence-corrected chi connectivity index (χ2v) is 30.4. The molecule has 0 radical (unpaired) electrons. The zero-order chi connectivity index (χ0) is 66.8. The highest BCUT2D eigenvalue weighted by molar-refractivity contribution is 7.47. The second kappa shape index (κ2) is 60.7. The molecule has 0 rings (SSSR count). The molecule has 0 spiro atoms. The molecule has 17 nitrogen and oxygen atoms in total. The van der Waals surface area contributed by atoms with Gasteiger partial charge in [-0.3, -0.25) is 37.3 Å². The summed E-state index contributed by atoms with van der Waals surface area (Å²) in [7, 11) is -9.90. The first-order chi connectivity index (χ1) is 43.1. The summed E-state index contributed by atoms with van der Waals surface area (Å²) in [6, 6.07) is 0. The van der Waals surface area contributed by atoms with Crippen LogP contribution < -0.4 is 0 Å². The Labute approximate surface area is 549 Å². The number of carbonyl (C=O) groups excluding carboxylic acids is 4. The lowest BCUT2D eigenvalue weighted by atomic mass is 10.0. The van der Waals surface area contributed by atoms with Gasteiger partial charge in [-0.05, 0) is 49.4 Å². The molecule has 19 heteroatoms. The van der Waals surface area contributed by atoms with E-state index in [0.29, 0.717) is 37.5 Å².